The lowest BCUT2D eigenvalue weighted by molar-refractivity contribution is -0.138. The second kappa shape index (κ2) is 14.4. The minimum atomic E-state index is -4.33. The molecular formula is C31H37F3N2O4S. The molecule has 2 heterocycles. The first-order valence-corrected chi connectivity index (χ1v) is 15.0. The molecule has 4 rings (SSSR count). The number of fused-ring (bicyclic) bond motifs is 1. The molecule has 0 bridgehead atoms. The van der Waals surface area contributed by atoms with Crippen molar-refractivity contribution in [3.8, 4) is 5.75 Å². The first kappa shape index (κ1) is 31.1. The minimum absolute atomic E-state index is 0.121. The summed E-state index contributed by atoms with van der Waals surface area (Å²) in [6, 6.07) is 12.7. The highest BCUT2D eigenvalue weighted by Gasteiger charge is 2.31. The molecule has 2 aromatic carbocycles. The molecule has 6 nitrogen and oxygen atoms in total. The van der Waals surface area contributed by atoms with Crippen molar-refractivity contribution in [1.29, 1.82) is 0 Å². The van der Waals surface area contributed by atoms with Gasteiger partial charge in [0.25, 0.3) is 0 Å². The SMILES string of the molecule is COc1ccc2nccc([C@H](O)CC[C@@H]3CCN(CCCSc4ccc(C(F)(F)F)cc4)C[C@H]3CCC(=O)O)c2c1. The summed E-state index contributed by atoms with van der Waals surface area (Å²) >= 11 is 1.54. The van der Waals surface area contributed by atoms with E-state index in [4.69, 9.17) is 4.74 Å². The summed E-state index contributed by atoms with van der Waals surface area (Å²) in [5.74, 6) is 1.25. The van der Waals surface area contributed by atoms with E-state index in [2.05, 4.69) is 9.88 Å². The number of pyridine rings is 1. The number of aliphatic hydroxyl groups is 1. The van der Waals surface area contributed by atoms with Crippen molar-refractivity contribution in [2.45, 2.75) is 55.7 Å². The number of hydrogen-bond donors (Lipinski definition) is 2. The van der Waals surface area contributed by atoms with E-state index in [0.717, 1.165) is 78.1 Å². The fraction of sp³-hybridized carbons (Fsp3) is 0.484. The molecule has 3 atom stereocenters. The van der Waals surface area contributed by atoms with Crippen LogP contribution >= 0.6 is 11.8 Å². The maximum Gasteiger partial charge on any atom is 0.416 e. The van der Waals surface area contributed by atoms with Gasteiger partial charge in [-0.25, -0.2) is 0 Å². The molecule has 1 aliphatic rings. The number of alkyl halides is 3. The Hall–Kier alpha value is -2.82. The number of carboxylic acids is 1. The zero-order valence-corrected chi connectivity index (χ0v) is 24.0. The Kier molecular flexibility index (Phi) is 10.9. The van der Waals surface area contributed by atoms with Crippen LogP contribution in [0.2, 0.25) is 0 Å². The van der Waals surface area contributed by atoms with Crippen molar-refractivity contribution in [2.24, 2.45) is 11.8 Å². The largest absolute Gasteiger partial charge is 0.497 e. The van der Waals surface area contributed by atoms with Gasteiger partial charge in [-0.1, -0.05) is 0 Å². The number of aromatic nitrogens is 1. The Labute approximate surface area is 242 Å². The van der Waals surface area contributed by atoms with E-state index in [9.17, 15) is 28.2 Å². The van der Waals surface area contributed by atoms with E-state index < -0.39 is 23.8 Å². The molecule has 1 aliphatic heterocycles. The van der Waals surface area contributed by atoms with Crippen molar-refractivity contribution in [3.63, 3.8) is 0 Å². The molecule has 222 valence electrons. The molecule has 0 aliphatic carbocycles. The summed E-state index contributed by atoms with van der Waals surface area (Å²) in [6.07, 6.45) is 0.647. The van der Waals surface area contributed by atoms with Crippen molar-refractivity contribution >= 4 is 28.6 Å². The van der Waals surface area contributed by atoms with Gasteiger partial charge in [0.1, 0.15) is 5.75 Å². The van der Waals surface area contributed by atoms with Crippen LogP contribution in [0.5, 0.6) is 5.75 Å². The van der Waals surface area contributed by atoms with Crippen molar-refractivity contribution in [1.82, 2.24) is 9.88 Å². The van der Waals surface area contributed by atoms with Crippen LogP contribution in [0, 0.1) is 11.8 Å². The van der Waals surface area contributed by atoms with Gasteiger partial charge >= 0.3 is 12.1 Å². The van der Waals surface area contributed by atoms with E-state index >= 15 is 0 Å². The van der Waals surface area contributed by atoms with Gasteiger partial charge in [-0.05, 0) is 117 Å². The third kappa shape index (κ3) is 8.83. The number of likely N-dealkylation sites (tertiary alicyclic amines) is 1. The van der Waals surface area contributed by atoms with Crippen LogP contribution in [0.4, 0.5) is 13.2 Å². The molecule has 0 spiro atoms. The number of aliphatic hydroxyl groups excluding tert-OH is 1. The zero-order chi connectivity index (χ0) is 29.4. The molecule has 0 radical (unpaired) electrons. The fourth-order valence-corrected chi connectivity index (χ4v) is 6.52. The Morgan fingerprint density at radius 3 is 2.63 bits per heavy atom. The number of carbonyl (C=O) groups is 1. The first-order valence-electron chi connectivity index (χ1n) is 14.0. The Morgan fingerprint density at radius 2 is 1.93 bits per heavy atom. The second-order valence-electron chi connectivity index (χ2n) is 10.6. The van der Waals surface area contributed by atoms with Crippen LogP contribution in [0.15, 0.2) is 59.6 Å². The van der Waals surface area contributed by atoms with Crippen molar-refractivity contribution in [2.75, 3.05) is 32.5 Å². The summed E-state index contributed by atoms with van der Waals surface area (Å²) in [6.45, 7) is 2.58. The number of thioether (sulfide) groups is 1. The van der Waals surface area contributed by atoms with Crippen LogP contribution in [0.3, 0.4) is 0 Å². The lowest BCUT2D eigenvalue weighted by atomic mass is 9.79. The quantitative estimate of drug-likeness (QED) is 0.163. The first-order chi connectivity index (χ1) is 19.6. The Balaban J connectivity index is 1.29. The molecule has 2 N–H and O–H groups in total. The highest BCUT2D eigenvalue weighted by atomic mass is 32.2. The van der Waals surface area contributed by atoms with E-state index in [0.29, 0.717) is 24.5 Å². The average molecular weight is 591 g/mol. The monoisotopic (exact) mass is 590 g/mol. The number of hydrogen-bond acceptors (Lipinski definition) is 6. The maximum atomic E-state index is 12.8. The lowest BCUT2D eigenvalue weighted by Gasteiger charge is -2.39. The topological polar surface area (TPSA) is 82.9 Å². The van der Waals surface area contributed by atoms with E-state index in [1.807, 2.05) is 24.3 Å². The van der Waals surface area contributed by atoms with Gasteiger partial charge in [0.15, 0.2) is 0 Å². The Bertz CT molecular complexity index is 1290. The number of rotatable bonds is 13. The maximum absolute atomic E-state index is 12.8. The second-order valence-corrected chi connectivity index (χ2v) is 11.8. The van der Waals surface area contributed by atoms with Gasteiger partial charge in [0.2, 0.25) is 0 Å². The van der Waals surface area contributed by atoms with Crippen LogP contribution in [-0.4, -0.2) is 58.6 Å². The van der Waals surface area contributed by atoms with Crippen molar-refractivity contribution < 1.29 is 32.9 Å². The molecule has 1 saturated heterocycles. The summed E-state index contributed by atoms with van der Waals surface area (Å²) < 4.78 is 43.7. The number of methoxy groups -OCH3 is 1. The van der Waals surface area contributed by atoms with Gasteiger partial charge in [-0.2, -0.15) is 13.2 Å². The number of benzene rings is 2. The standard InChI is InChI=1S/C31H37F3N2O4S/c1-40-24-7-10-28-27(19-24)26(13-15-35-28)29(37)11-3-21-14-17-36(20-22(21)4-12-30(38)39)16-2-18-41-25-8-5-23(6-9-25)31(32,33)34/h5-10,13,15,19,21-22,29,37H,2-4,11-12,14,16-18,20H2,1H3,(H,38,39)/t21-,22-,29-/m1/s1. The molecular weight excluding hydrogens is 553 g/mol. The van der Waals surface area contributed by atoms with Gasteiger partial charge < -0.3 is 19.8 Å². The number of halogens is 3. The van der Waals surface area contributed by atoms with E-state index in [1.54, 1.807) is 25.1 Å². The molecule has 41 heavy (non-hydrogen) atoms. The summed E-state index contributed by atoms with van der Waals surface area (Å²) in [7, 11) is 1.61. The van der Waals surface area contributed by atoms with Gasteiger partial charge in [-0.15, -0.1) is 11.8 Å². The molecule has 3 aromatic rings. The zero-order valence-electron chi connectivity index (χ0n) is 23.1. The Morgan fingerprint density at radius 1 is 1.15 bits per heavy atom. The smallest absolute Gasteiger partial charge is 0.416 e. The fourth-order valence-electron chi connectivity index (χ4n) is 5.69. The molecule has 0 saturated carbocycles. The predicted octanol–water partition coefficient (Wildman–Crippen LogP) is 7.06. The van der Waals surface area contributed by atoms with Crippen LogP contribution in [-0.2, 0) is 11.0 Å². The highest BCUT2D eigenvalue weighted by molar-refractivity contribution is 7.99. The van der Waals surface area contributed by atoms with Gasteiger partial charge in [0.05, 0.1) is 24.3 Å². The highest BCUT2D eigenvalue weighted by Crippen LogP contribution is 2.36. The van der Waals surface area contributed by atoms with Crippen LogP contribution in [0.1, 0.15) is 55.8 Å². The predicted molar refractivity (Wildman–Crippen MR) is 154 cm³/mol. The van der Waals surface area contributed by atoms with Crippen molar-refractivity contribution in [3.05, 3.63) is 65.9 Å². The van der Waals surface area contributed by atoms with Crippen LogP contribution in [0.25, 0.3) is 10.9 Å². The number of aliphatic carboxylic acids is 1. The third-order valence-electron chi connectivity index (χ3n) is 7.93. The summed E-state index contributed by atoms with van der Waals surface area (Å²) in [4.78, 5) is 18.9. The minimum Gasteiger partial charge on any atom is -0.497 e. The number of piperidine rings is 1. The van der Waals surface area contributed by atoms with Gasteiger partial charge in [0, 0.05) is 29.4 Å². The van der Waals surface area contributed by atoms with Crippen LogP contribution < -0.4 is 4.74 Å². The number of nitrogens with zero attached hydrogens (tertiary/aromatic N) is 2. The lowest BCUT2D eigenvalue weighted by Crippen LogP contribution is -2.41. The molecule has 1 fully saturated rings. The normalized spacial score (nSPS) is 18.9. The molecule has 10 heteroatoms. The number of ether oxygens (including phenoxy) is 1. The van der Waals surface area contributed by atoms with E-state index in [-0.39, 0.29) is 12.3 Å². The van der Waals surface area contributed by atoms with E-state index in [1.165, 1.54) is 12.1 Å². The third-order valence-corrected chi connectivity index (χ3v) is 9.02. The molecule has 0 amide bonds. The summed E-state index contributed by atoms with van der Waals surface area (Å²) in [5, 5.41) is 21.3. The molecule has 0 unspecified atom stereocenters. The molecule has 1 aromatic heterocycles. The average Bonchev–Trinajstić information content (AvgIpc) is 2.96. The number of carboxylic acid groups (broad SMARTS) is 1. The van der Waals surface area contributed by atoms with Gasteiger partial charge in [-0.3, -0.25) is 9.78 Å². The summed E-state index contributed by atoms with van der Waals surface area (Å²) in [5.41, 5.74) is 0.976.